The monoisotopic (exact) mass is 249 g/mol. The van der Waals surface area contributed by atoms with Crippen molar-refractivity contribution in [2.75, 3.05) is 11.9 Å². The van der Waals surface area contributed by atoms with E-state index in [0.717, 1.165) is 11.4 Å². The molecule has 1 atom stereocenters. The van der Waals surface area contributed by atoms with Crippen LogP contribution in [0.25, 0.3) is 0 Å². The van der Waals surface area contributed by atoms with E-state index in [4.69, 9.17) is 4.74 Å². The van der Waals surface area contributed by atoms with Gasteiger partial charge in [0.15, 0.2) is 0 Å². The molecule has 1 aliphatic carbocycles. The van der Waals surface area contributed by atoms with E-state index in [1.165, 1.54) is 19.3 Å². The van der Waals surface area contributed by atoms with Crippen LogP contribution in [-0.4, -0.2) is 22.6 Å². The SMILES string of the molecule is CCOc1ncnc(NC2CCC(C)(C)C2)c1C. The molecule has 1 saturated carbocycles. The average molecular weight is 249 g/mol. The van der Waals surface area contributed by atoms with Crippen LogP contribution in [0, 0.1) is 12.3 Å². The van der Waals surface area contributed by atoms with Crippen LogP contribution < -0.4 is 10.1 Å². The highest BCUT2D eigenvalue weighted by atomic mass is 16.5. The van der Waals surface area contributed by atoms with Gasteiger partial charge in [-0.3, -0.25) is 0 Å². The number of aromatic nitrogens is 2. The van der Waals surface area contributed by atoms with Crippen molar-refractivity contribution in [3.63, 3.8) is 0 Å². The van der Waals surface area contributed by atoms with Gasteiger partial charge < -0.3 is 10.1 Å². The molecular weight excluding hydrogens is 226 g/mol. The maximum atomic E-state index is 5.49. The molecule has 100 valence electrons. The third-order valence-corrected chi connectivity index (χ3v) is 3.63. The molecule has 0 radical (unpaired) electrons. The van der Waals surface area contributed by atoms with Gasteiger partial charge in [-0.25, -0.2) is 9.97 Å². The molecule has 0 aliphatic heterocycles. The van der Waals surface area contributed by atoms with Gasteiger partial charge in [-0.2, -0.15) is 0 Å². The lowest BCUT2D eigenvalue weighted by atomic mass is 9.92. The molecular formula is C14H23N3O. The van der Waals surface area contributed by atoms with Crippen LogP contribution in [0.4, 0.5) is 5.82 Å². The van der Waals surface area contributed by atoms with Crippen LogP contribution in [0.2, 0.25) is 0 Å². The highest BCUT2D eigenvalue weighted by Crippen LogP contribution is 2.38. The smallest absolute Gasteiger partial charge is 0.221 e. The molecule has 1 N–H and O–H groups in total. The molecule has 1 heterocycles. The number of nitrogens with one attached hydrogen (secondary N) is 1. The summed E-state index contributed by atoms with van der Waals surface area (Å²) in [5.74, 6) is 1.60. The van der Waals surface area contributed by atoms with E-state index in [1.807, 2.05) is 13.8 Å². The van der Waals surface area contributed by atoms with Crippen LogP contribution in [0.15, 0.2) is 6.33 Å². The molecule has 0 saturated heterocycles. The van der Waals surface area contributed by atoms with Crippen LogP contribution in [0.3, 0.4) is 0 Å². The van der Waals surface area contributed by atoms with E-state index in [2.05, 4.69) is 29.1 Å². The zero-order chi connectivity index (χ0) is 13.2. The van der Waals surface area contributed by atoms with E-state index in [9.17, 15) is 0 Å². The second kappa shape index (κ2) is 5.12. The van der Waals surface area contributed by atoms with Crippen molar-refractivity contribution < 1.29 is 4.74 Å². The molecule has 2 rings (SSSR count). The second-order valence-electron chi connectivity index (χ2n) is 5.83. The molecule has 1 unspecified atom stereocenters. The number of hydrogen-bond donors (Lipinski definition) is 1. The molecule has 0 amide bonds. The third-order valence-electron chi connectivity index (χ3n) is 3.63. The molecule has 4 nitrogen and oxygen atoms in total. The quantitative estimate of drug-likeness (QED) is 0.890. The summed E-state index contributed by atoms with van der Waals surface area (Å²) in [6.07, 6.45) is 5.24. The zero-order valence-corrected chi connectivity index (χ0v) is 11.8. The van der Waals surface area contributed by atoms with Crippen molar-refractivity contribution >= 4 is 5.82 Å². The summed E-state index contributed by atoms with van der Waals surface area (Å²) in [6.45, 7) is 9.26. The lowest BCUT2D eigenvalue weighted by Crippen LogP contribution is -2.19. The van der Waals surface area contributed by atoms with Crippen LogP contribution >= 0.6 is 0 Å². The topological polar surface area (TPSA) is 47.0 Å². The van der Waals surface area contributed by atoms with E-state index in [-0.39, 0.29) is 0 Å². The minimum atomic E-state index is 0.446. The molecule has 0 aromatic carbocycles. The lowest BCUT2D eigenvalue weighted by Gasteiger charge is -2.19. The van der Waals surface area contributed by atoms with Crippen molar-refractivity contribution in [1.82, 2.24) is 9.97 Å². The first-order valence-corrected chi connectivity index (χ1v) is 6.73. The Bertz CT molecular complexity index is 418. The molecule has 18 heavy (non-hydrogen) atoms. The lowest BCUT2D eigenvalue weighted by molar-refractivity contribution is 0.323. The minimum absolute atomic E-state index is 0.446. The van der Waals surface area contributed by atoms with Gasteiger partial charge >= 0.3 is 0 Å². The Morgan fingerprint density at radius 2 is 2.22 bits per heavy atom. The number of nitrogens with zero attached hydrogens (tertiary/aromatic N) is 2. The van der Waals surface area contributed by atoms with Crippen molar-refractivity contribution in [2.45, 2.75) is 53.0 Å². The third kappa shape index (κ3) is 2.92. The number of ether oxygens (including phenoxy) is 1. The second-order valence-corrected chi connectivity index (χ2v) is 5.83. The normalized spacial score (nSPS) is 21.9. The van der Waals surface area contributed by atoms with Crippen molar-refractivity contribution in [1.29, 1.82) is 0 Å². The summed E-state index contributed by atoms with van der Waals surface area (Å²) in [5.41, 5.74) is 1.45. The van der Waals surface area contributed by atoms with Crippen molar-refractivity contribution in [3.05, 3.63) is 11.9 Å². The molecule has 1 fully saturated rings. The fourth-order valence-electron chi connectivity index (χ4n) is 2.61. The molecule has 1 aliphatic rings. The Kier molecular flexibility index (Phi) is 3.73. The summed E-state index contributed by atoms with van der Waals surface area (Å²) in [5, 5.41) is 3.53. The van der Waals surface area contributed by atoms with E-state index in [0.29, 0.717) is 23.9 Å². The Labute approximate surface area is 109 Å². The number of rotatable bonds is 4. The van der Waals surface area contributed by atoms with Gasteiger partial charge in [0.05, 0.1) is 12.2 Å². The summed E-state index contributed by atoms with van der Waals surface area (Å²) < 4.78 is 5.49. The van der Waals surface area contributed by atoms with E-state index in [1.54, 1.807) is 6.33 Å². The van der Waals surface area contributed by atoms with E-state index < -0.39 is 0 Å². The largest absolute Gasteiger partial charge is 0.478 e. The Balaban J connectivity index is 2.08. The van der Waals surface area contributed by atoms with Gasteiger partial charge in [0.25, 0.3) is 0 Å². The average Bonchev–Trinajstić information content (AvgIpc) is 2.64. The summed E-state index contributed by atoms with van der Waals surface area (Å²) in [4.78, 5) is 8.49. The minimum Gasteiger partial charge on any atom is -0.478 e. The molecule has 0 bridgehead atoms. The standard InChI is InChI=1S/C14H23N3O/c1-5-18-13-10(2)12(15-9-16-13)17-11-6-7-14(3,4)8-11/h9,11H,5-8H2,1-4H3,(H,15,16,17). The number of hydrogen-bond acceptors (Lipinski definition) is 4. The van der Waals surface area contributed by atoms with Crippen molar-refractivity contribution in [3.8, 4) is 5.88 Å². The van der Waals surface area contributed by atoms with Gasteiger partial charge in [-0.05, 0) is 38.5 Å². The maximum absolute atomic E-state index is 5.49. The highest BCUT2D eigenvalue weighted by molar-refractivity contribution is 5.48. The Morgan fingerprint density at radius 1 is 1.44 bits per heavy atom. The first-order chi connectivity index (χ1) is 8.52. The first kappa shape index (κ1) is 13.1. The van der Waals surface area contributed by atoms with E-state index >= 15 is 0 Å². The molecule has 4 heteroatoms. The van der Waals surface area contributed by atoms with Crippen molar-refractivity contribution in [2.24, 2.45) is 5.41 Å². The first-order valence-electron chi connectivity index (χ1n) is 6.73. The van der Waals surface area contributed by atoms with Gasteiger partial charge in [-0.1, -0.05) is 13.8 Å². The predicted octanol–water partition coefficient (Wildman–Crippen LogP) is 3.17. The van der Waals surface area contributed by atoms with Crippen LogP contribution in [-0.2, 0) is 0 Å². The fourth-order valence-corrected chi connectivity index (χ4v) is 2.61. The molecule has 1 aromatic heterocycles. The van der Waals surface area contributed by atoms with Gasteiger partial charge in [-0.15, -0.1) is 0 Å². The summed E-state index contributed by atoms with van der Waals surface area (Å²) >= 11 is 0. The fraction of sp³-hybridized carbons (Fsp3) is 0.714. The summed E-state index contributed by atoms with van der Waals surface area (Å²) in [6, 6.07) is 0.517. The zero-order valence-electron chi connectivity index (χ0n) is 11.8. The Morgan fingerprint density at radius 3 is 2.83 bits per heavy atom. The highest BCUT2D eigenvalue weighted by Gasteiger charge is 2.31. The maximum Gasteiger partial charge on any atom is 0.221 e. The van der Waals surface area contributed by atoms with Crippen LogP contribution in [0.1, 0.15) is 45.6 Å². The Hall–Kier alpha value is -1.32. The van der Waals surface area contributed by atoms with Gasteiger partial charge in [0, 0.05) is 6.04 Å². The predicted molar refractivity (Wildman–Crippen MR) is 73.0 cm³/mol. The molecule has 1 aromatic rings. The molecule has 0 spiro atoms. The van der Waals surface area contributed by atoms with Crippen LogP contribution in [0.5, 0.6) is 5.88 Å². The van der Waals surface area contributed by atoms with Gasteiger partial charge in [0.1, 0.15) is 12.1 Å². The summed E-state index contributed by atoms with van der Waals surface area (Å²) in [7, 11) is 0. The van der Waals surface area contributed by atoms with Gasteiger partial charge in [0.2, 0.25) is 5.88 Å². The number of anilines is 1.